The first-order valence-corrected chi connectivity index (χ1v) is 8.08. The molecule has 1 heterocycles. The van der Waals surface area contributed by atoms with Gasteiger partial charge in [-0.3, -0.25) is 4.90 Å². The second kappa shape index (κ2) is 10.1. The third-order valence-electron chi connectivity index (χ3n) is 3.80. The van der Waals surface area contributed by atoms with Crippen molar-refractivity contribution in [2.45, 2.75) is 33.2 Å². The summed E-state index contributed by atoms with van der Waals surface area (Å²) in [6, 6.07) is 7.31. The van der Waals surface area contributed by atoms with Gasteiger partial charge in [0.15, 0.2) is 0 Å². The molecule has 1 aliphatic rings. The summed E-state index contributed by atoms with van der Waals surface area (Å²) in [4.78, 5) is 2.63. The molecule has 2 rings (SSSR count). The van der Waals surface area contributed by atoms with Gasteiger partial charge in [-0.2, -0.15) is 0 Å². The number of aryl methyl sites for hydroxylation is 1. The molecule has 122 valence electrons. The van der Waals surface area contributed by atoms with Crippen molar-refractivity contribution in [3.05, 3.63) is 33.8 Å². The SMILES string of the molecule is Cc1ccc([C@@H](CC(C)C)N2CCNCC2)c(Br)c1.Cl.Cl. The van der Waals surface area contributed by atoms with Crippen molar-refractivity contribution < 1.29 is 0 Å². The van der Waals surface area contributed by atoms with Crippen LogP contribution in [0.3, 0.4) is 0 Å². The first kappa shape index (κ1) is 21.2. The van der Waals surface area contributed by atoms with Gasteiger partial charge in [-0.25, -0.2) is 0 Å². The lowest BCUT2D eigenvalue weighted by Gasteiger charge is -2.36. The quantitative estimate of drug-likeness (QED) is 0.798. The van der Waals surface area contributed by atoms with E-state index in [2.05, 4.69) is 65.1 Å². The molecule has 1 saturated heterocycles. The fourth-order valence-corrected chi connectivity index (χ4v) is 3.57. The van der Waals surface area contributed by atoms with Gasteiger partial charge in [-0.1, -0.05) is 41.9 Å². The van der Waals surface area contributed by atoms with Crippen molar-refractivity contribution in [2.24, 2.45) is 5.92 Å². The van der Waals surface area contributed by atoms with Crippen LogP contribution in [0.5, 0.6) is 0 Å². The molecule has 0 radical (unpaired) electrons. The minimum absolute atomic E-state index is 0. The van der Waals surface area contributed by atoms with Gasteiger partial charge in [0.1, 0.15) is 0 Å². The Hall–Kier alpha value is 0.200. The van der Waals surface area contributed by atoms with Crippen LogP contribution in [0.25, 0.3) is 0 Å². The molecule has 1 atom stereocenters. The Kier molecular flexibility index (Phi) is 10.2. The largest absolute Gasteiger partial charge is 0.314 e. The van der Waals surface area contributed by atoms with Gasteiger partial charge in [0.25, 0.3) is 0 Å². The van der Waals surface area contributed by atoms with Gasteiger partial charge in [-0.05, 0) is 36.5 Å². The van der Waals surface area contributed by atoms with Gasteiger partial charge >= 0.3 is 0 Å². The van der Waals surface area contributed by atoms with Crippen LogP contribution in [0, 0.1) is 12.8 Å². The zero-order chi connectivity index (χ0) is 13.8. The number of hydrogen-bond donors (Lipinski definition) is 1. The van der Waals surface area contributed by atoms with Gasteiger partial charge in [0.2, 0.25) is 0 Å². The molecule has 1 N–H and O–H groups in total. The normalized spacial score (nSPS) is 17.0. The third kappa shape index (κ3) is 6.07. The van der Waals surface area contributed by atoms with Crippen LogP contribution < -0.4 is 5.32 Å². The van der Waals surface area contributed by atoms with Gasteiger partial charge < -0.3 is 5.32 Å². The maximum absolute atomic E-state index is 3.76. The lowest BCUT2D eigenvalue weighted by atomic mass is 9.94. The molecule has 1 fully saturated rings. The van der Waals surface area contributed by atoms with Gasteiger partial charge in [0, 0.05) is 36.7 Å². The Labute approximate surface area is 150 Å². The molecule has 0 aromatic heterocycles. The predicted molar refractivity (Wildman–Crippen MR) is 100 cm³/mol. The summed E-state index contributed by atoms with van der Waals surface area (Å²) in [6.07, 6.45) is 1.22. The molecule has 1 aliphatic heterocycles. The van der Waals surface area contributed by atoms with Crippen molar-refractivity contribution in [1.82, 2.24) is 10.2 Å². The zero-order valence-corrected chi connectivity index (χ0v) is 16.3. The average Bonchev–Trinajstić information content (AvgIpc) is 2.37. The van der Waals surface area contributed by atoms with Crippen LogP contribution in [0.2, 0.25) is 0 Å². The van der Waals surface area contributed by atoms with Crippen molar-refractivity contribution >= 4 is 40.7 Å². The molecular formula is C16H27BrCl2N2. The van der Waals surface area contributed by atoms with Crippen LogP contribution in [0.15, 0.2) is 22.7 Å². The highest BCUT2D eigenvalue weighted by atomic mass is 79.9. The predicted octanol–water partition coefficient (Wildman–Crippen LogP) is 4.59. The number of nitrogens with zero attached hydrogens (tertiary/aromatic N) is 1. The van der Waals surface area contributed by atoms with E-state index in [9.17, 15) is 0 Å². The maximum atomic E-state index is 3.76. The Morgan fingerprint density at radius 2 is 1.81 bits per heavy atom. The molecule has 0 bridgehead atoms. The molecule has 1 aromatic carbocycles. The summed E-state index contributed by atoms with van der Waals surface area (Å²) in [5, 5.41) is 3.44. The van der Waals surface area contributed by atoms with Crippen molar-refractivity contribution in [3.8, 4) is 0 Å². The van der Waals surface area contributed by atoms with Crippen molar-refractivity contribution in [2.75, 3.05) is 26.2 Å². The summed E-state index contributed by atoms with van der Waals surface area (Å²) < 4.78 is 1.26. The fraction of sp³-hybridized carbons (Fsp3) is 0.625. The van der Waals surface area contributed by atoms with E-state index >= 15 is 0 Å². The molecule has 21 heavy (non-hydrogen) atoms. The monoisotopic (exact) mass is 396 g/mol. The highest BCUT2D eigenvalue weighted by Crippen LogP contribution is 2.33. The van der Waals surface area contributed by atoms with Crippen LogP contribution in [0.4, 0.5) is 0 Å². The van der Waals surface area contributed by atoms with E-state index in [0.717, 1.165) is 26.2 Å². The smallest absolute Gasteiger partial charge is 0.0362 e. The van der Waals surface area contributed by atoms with Gasteiger partial charge in [-0.15, -0.1) is 24.8 Å². The van der Waals surface area contributed by atoms with E-state index in [1.807, 2.05) is 0 Å². The molecule has 5 heteroatoms. The second-order valence-electron chi connectivity index (χ2n) is 5.96. The maximum Gasteiger partial charge on any atom is 0.0362 e. The topological polar surface area (TPSA) is 15.3 Å². The fourth-order valence-electron chi connectivity index (χ4n) is 2.82. The van der Waals surface area contributed by atoms with Crippen LogP contribution in [-0.2, 0) is 0 Å². The molecule has 2 nitrogen and oxygen atoms in total. The van der Waals surface area contributed by atoms with E-state index in [4.69, 9.17) is 0 Å². The zero-order valence-electron chi connectivity index (χ0n) is 13.1. The molecule has 0 saturated carbocycles. The van der Waals surface area contributed by atoms with E-state index < -0.39 is 0 Å². The van der Waals surface area contributed by atoms with Crippen molar-refractivity contribution in [3.63, 3.8) is 0 Å². The summed E-state index contributed by atoms with van der Waals surface area (Å²) in [5.74, 6) is 0.716. The summed E-state index contributed by atoms with van der Waals surface area (Å²) in [7, 11) is 0. The summed E-state index contributed by atoms with van der Waals surface area (Å²) in [6.45, 7) is 11.3. The molecule has 0 aliphatic carbocycles. The van der Waals surface area contributed by atoms with E-state index in [-0.39, 0.29) is 24.8 Å². The highest BCUT2D eigenvalue weighted by molar-refractivity contribution is 9.10. The number of benzene rings is 1. The first-order chi connectivity index (χ1) is 9.08. The summed E-state index contributed by atoms with van der Waals surface area (Å²) in [5.41, 5.74) is 2.76. The number of rotatable bonds is 4. The number of halogens is 3. The highest BCUT2D eigenvalue weighted by Gasteiger charge is 2.24. The van der Waals surface area contributed by atoms with Crippen LogP contribution in [-0.4, -0.2) is 31.1 Å². The Bertz CT molecular complexity index is 421. The molecule has 1 aromatic rings. The average molecular weight is 398 g/mol. The minimum atomic E-state index is 0. The minimum Gasteiger partial charge on any atom is -0.314 e. The molecule has 0 amide bonds. The van der Waals surface area contributed by atoms with Crippen LogP contribution >= 0.6 is 40.7 Å². The summed E-state index contributed by atoms with van der Waals surface area (Å²) >= 11 is 3.76. The lowest BCUT2D eigenvalue weighted by molar-refractivity contribution is 0.153. The second-order valence-corrected chi connectivity index (χ2v) is 6.81. The standard InChI is InChI=1S/C16H25BrN2.2ClH/c1-12(2)10-16(19-8-6-18-7-9-19)14-5-4-13(3)11-15(14)17;;/h4-5,11-12,16,18H,6-10H2,1-3H3;2*1H/t16-;;/m1../s1. The first-order valence-electron chi connectivity index (χ1n) is 7.28. The number of hydrogen-bond acceptors (Lipinski definition) is 2. The lowest BCUT2D eigenvalue weighted by Crippen LogP contribution is -2.45. The van der Waals surface area contributed by atoms with E-state index in [1.165, 1.54) is 22.0 Å². The number of piperazine rings is 1. The Balaban J connectivity index is 0.00000200. The van der Waals surface area contributed by atoms with E-state index in [0.29, 0.717) is 12.0 Å². The van der Waals surface area contributed by atoms with Crippen LogP contribution in [0.1, 0.15) is 37.4 Å². The van der Waals surface area contributed by atoms with Crippen molar-refractivity contribution in [1.29, 1.82) is 0 Å². The Morgan fingerprint density at radius 3 is 2.33 bits per heavy atom. The van der Waals surface area contributed by atoms with E-state index in [1.54, 1.807) is 0 Å². The third-order valence-corrected chi connectivity index (χ3v) is 4.49. The molecule has 0 spiro atoms. The number of nitrogens with one attached hydrogen (secondary N) is 1. The molecular weight excluding hydrogens is 371 g/mol. The molecule has 0 unspecified atom stereocenters. The van der Waals surface area contributed by atoms with Gasteiger partial charge in [0.05, 0.1) is 0 Å². The Morgan fingerprint density at radius 1 is 1.19 bits per heavy atom.